The number of rotatable bonds is 1. The average Bonchev–Trinajstić information content (AvgIpc) is 2.38. The molecule has 0 bridgehead atoms. The molecule has 1 fully saturated rings. The molecule has 19 heavy (non-hydrogen) atoms. The topological polar surface area (TPSA) is 29.5 Å². The summed E-state index contributed by atoms with van der Waals surface area (Å²) in [5.41, 5.74) is 0.730. The van der Waals surface area contributed by atoms with Crippen molar-refractivity contribution in [3.8, 4) is 0 Å². The van der Waals surface area contributed by atoms with Gasteiger partial charge in [0.1, 0.15) is 5.60 Å². The zero-order valence-corrected chi connectivity index (χ0v) is 12.0. The maximum atomic E-state index is 12.3. The molecule has 1 amide bonds. The molecule has 0 aliphatic carbocycles. The molecule has 3 heteroatoms. The highest BCUT2D eigenvalue weighted by atomic mass is 16.6. The van der Waals surface area contributed by atoms with E-state index >= 15 is 0 Å². The van der Waals surface area contributed by atoms with Gasteiger partial charge in [-0.25, -0.2) is 4.79 Å². The van der Waals surface area contributed by atoms with Crippen LogP contribution >= 0.6 is 0 Å². The first kappa shape index (κ1) is 13.9. The summed E-state index contributed by atoms with van der Waals surface area (Å²) in [6.45, 7) is 6.49. The molecule has 1 aromatic carbocycles. The van der Waals surface area contributed by atoms with Gasteiger partial charge in [0, 0.05) is 6.54 Å². The second kappa shape index (κ2) is 5.64. The standard InChI is InChI=1S/C16H22NO2/c1-16(2,3)19-15(18)17-12-8-7-11-14(17)13-9-5-4-6-10-13/h5-6,9-10,14H,7-8,11-12H2,1-3H3. The lowest BCUT2D eigenvalue weighted by molar-refractivity contribution is 0.00951. The lowest BCUT2D eigenvalue weighted by atomic mass is 9.96. The minimum Gasteiger partial charge on any atom is -0.444 e. The Balaban J connectivity index is 2.15. The van der Waals surface area contributed by atoms with Crippen molar-refractivity contribution in [1.29, 1.82) is 0 Å². The van der Waals surface area contributed by atoms with Crippen molar-refractivity contribution >= 4 is 6.09 Å². The van der Waals surface area contributed by atoms with E-state index < -0.39 is 5.60 Å². The smallest absolute Gasteiger partial charge is 0.410 e. The van der Waals surface area contributed by atoms with Crippen LogP contribution in [0.3, 0.4) is 0 Å². The number of ether oxygens (including phenoxy) is 1. The van der Waals surface area contributed by atoms with Gasteiger partial charge < -0.3 is 9.64 Å². The number of hydrogen-bond donors (Lipinski definition) is 0. The van der Waals surface area contributed by atoms with E-state index in [0.717, 1.165) is 25.8 Å². The van der Waals surface area contributed by atoms with Crippen LogP contribution in [0.1, 0.15) is 51.6 Å². The number of carbonyl (C=O) groups excluding carboxylic acids is 1. The van der Waals surface area contributed by atoms with E-state index in [2.05, 4.69) is 6.07 Å². The van der Waals surface area contributed by atoms with Crippen LogP contribution in [0.2, 0.25) is 0 Å². The Labute approximate surface area is 115 Å². The van der Waals surface area contributed by atoms with Gasteiger partial charge in [0.05, 0.1) is 6.04 Å². The van der Waals surface area contributed by atoms with Gasteiger partial charge in [-0.3, -0.25) is 0 Å². The van der Waals surface area contributed by atoms with E-state index in [1.807, 2.05) is 49.9 Å². The number of amides is 1. The van der Waals surface area contributed by atoms with Gasteiger partial charge in [0.25, 0.3) is 0 Å². The summed E-state index contributed by atoms with van der Waals surface area (Å²) in [6, 6.07) is 11.0. The van der Waals surface area contributed by atoms with E-state index in [-0.39, 0.29) is 12.1 Å². The first-order valence-electron chi connectivity index (χ1n) is 6.93. The Morgan fingerprint density at radius 2 is 2.00 bits per heavy atom. The van der Waals surface area contributed by atoms with Crippen molar-refractivity contribution in [3.05, 3.63) is 35.9 Å². The average molecular weight is 260 g/mol. The highest BCUT2D eigenvalue weighted by Crippen LogP contribution is 2.31. The van der Waals surface area contributed by atoms with Crippen LogP contribution in [-0.4, -0.2) is 23.1 Å². The lowest BCUT2D eigenvalue weighted by Gasteiger charge is -2.37. The fourth-order valence-electron chi connectivity index (χ4n) is 2.44. The van der Waals surface area contributed by atoms with Gasteiger partial charge in [-0.2, -0.15) is 0 Å². The van der Waals surface area contributed by atoms with Crippen molar-refractivity contribution in [1.82, 2.24) is 4.90 Å². The lowest BCUT2D eigenvalue weighted by Crippen LogP contribution is -2.41. The zero-order chi connectivity index (χ0) is 13.9. The Bertz CT molecular complexity index is 422. The molecule has 1 aliphatic heterocycles. The number of likely N-dealkylation sites (tertiary alicyclic amines) is 1. The molecule has 103 valence electrons. The van der Waals surface area contributed by atoms with Crippen molar-refractivity contribution in [3.63, 3.8) is 0 Å². The number of piperidine rings is 1. The predicted octanol–water partition coefficient (Wildman–Crippen LogP) is 3.95. The third-order valence-electron chi connectivity index (χ3n) is 3.26. The molecule has 1 heterocycles. The third-order valence-corrected chi connectivity index (χ3v) is 3.26. The summed E-state index contributed by atoms with van der Waals surface area (Å²) >= 11 is 0. The molecule has 3 nitrogen and oxygen atoms in total. The number of benzene rings is 1. The maximum absolute atomic E-state index is 12.3. The highest BCUT2D eigenvalue weighted by molar-refractivity contribution is 5.69. The molecule has 1 aliphatic rings. The van der Waals surface area contributed by atoms with Crippen LogP contribution in [0.15, 0.2) is 24.3 Å². The van der Waals surface area contributed by atoms with E-state index in [1.54, 1.807) is 0 Å². The first-order valence-corrected chi connectivity index (χ1v) is 6.93. The van der Waals surface area contributed by atoms with Gasteiger partial charge >= 0.3 is 6.09 Å². The van der Waals surface area contributed by atoms with E-state index in [9.17, 15) is 4.79 Å². The largest absolute Gasteiger partial charge is 0.444 e. The monoisotopic (exact) mass is 260 g/mol. The van der Waals surface area contributed by atoms with Gasteiger partial charge in [-0.15, -0.1) is 0 Å². The number of carbonyl (C=O) groups is 1. The van der Waals surface area contributed by atoms with Crippen molar-refractivity contribution in [2.75, 3.05) is 6.54 Å². The highest BCUT2D eigenvalue weighted by Gasteiger charge is 2.31. The van der Waals surface area contributed by atoms with Gasteiger partial charge in [0.15, 0.2) is 0 Å². The molecule has 0 saturated carbocycles. The van der Waals surface area contributed by atoms with E-state index in [4.69, 9.17) is 4.74 Å². The number of nitrogens with zero attached hydrogens (tertiary/aromatic N) is 1. The van der Waals surface area contributed by atoms with Crippen LogP contribution in [0.25, 0.3) is 0 Å². The molecule has 0 aromatic heterocycles. The second-order valence-corrected chi connectivity index (χ2v) is 6.02. The maximum Gasteiger partial charge on any atom is 0.410 e. The molecule has 1 atom stereocenters. The summed E-state index contributed by atoms with van der Waals surface area (Å²) in [7, 11) is 0. The molecule has 1 unspecified atom stereocenters. The van der Waals surface area contributed by atoms with Crippen LogP contribution < -0.4 is 0 Å². The van der Waals surface area contributed by atoms with Crippen LogP contribution in [0.5, 0.6) is 0 Å². The summed E-state index contributed by atoms with van der Waals surface area (Å²) in [6.07, 6.45) is 3.01. The summed E-state index contributed by atoms with van der Waals surface area (Å²) in [5, 5.41) is 0. The summed E-state index contributed by atoms with van der Waals surface area (Å²) in [5.74, 6) is 0. The van der Waals surface area contributed by atoms with Gasteiger partial charge in [-0.1, -0.05) is 24.3 Å². The molecule has 0 N–H and O–H groups in total. The van der Waals surface area contributed by atoms with Crippen molar-refractivity contribution in [2.45, 2.75) is 51.7 Å². The third kappa shape index (κ3) is 3.72. The van der Waals surface area contributed by atoms with Gasteiger partial charge in [0.2, 0.25) is 0 Å². The zero-order valence-electron chi connectivity index (χ0n) is 12.0. The summed E-state index contributed by atoms with van der Waals surface area (Å²) in [4.78, 5) is 14.2. The van der Waals surface area contributed by atoms with E-state index in [0.29, 0.717) is 0 Å². The minimum atomic E-state index is -0.441. The fourth-order valence-corrected chi connectivity index (χ4v) is 2.44. The molecule has 0 spiro atoms. The molecule has 1 radical (unpaired) electrons. The Morgan fingerprint density at radius 3 is 2.63 bits per heavy atom. The Hall–Kier alpha value is -1.51. The number of hydrogen-bond acceptors (Lipinski definition) is 2. The molecular weight excluding hydrogens is 238 g/mol. The molecule has 1 aromatic rings. The van der Waals surface area contributed by atoms with Crippen LogP contribution in [0, 0.1) is 6.07 Å². The minimum absolute atomic E-state index is 0.137. The van der Waals surface area contributed by atoms with E-state index in [1.165, 1.54) is 5.56 Å². The SMILES string of the molecule is CC(C)(C)OC(=O)N1CCCCC1c1cc[c]cc1. The van der Waals surface area contributed by atoms with Crippen molar-refractivity contribution < 1.29 is 9.53 Å². The van der Waals surface area contributed by atoms with Gasteiger partial charge in [-0.05, 0) is 51.7 Å². The van der Waals surface area contributed by atoms with Crippen LogP contribution in [-0.2, 0) is 4.74 Å². The molecule has 2 rings (SSSR count). The molecular formula is C16H22NO2. The predicted molar refractivity (Wildman–Crippen MR) is 74.8 cm³/mol. The van der Waals surface area contributed by atoms with Crippen molar-refractivity contribution in [2.24, 2.45) is 0 Å². The second-order valence-electron chi connectivity index (χ2n) is 6.02. The first-order chi connectivity index (χ1) is 8.97. The molecule has 1 saturated heterocycles. The summed E-state index contributed by atoms with van der Waals surface area (Å²) < 4.78 is 5.51. The fraction of sp³-hybridized carbons (Fsp3) is 0.562. The van der Waals surface area contributed by atoms with Crippen LogP contribution in [0.4, 0.5) is 4.79 Å². The quantitative estimate of drug-likeness (QED) is 0.765. The Morgan fingerprint density at radius 1 is 1.32 bits per heavy atom. The normalized spacial score (nSPS) is 20.2. The Kier molecular flexibility index (Phi) is 4.13.